The Morgan fingerprint density at radius 3 is 2.71 bits per heavy atom. The fourth-order valence-corrected chi connectivity index (χ4v) is 3.72. The molecule has 0 heterocycles. The zero-order chi connectivity index (χ0) is 10.2. The molecule has 2 aliphatic carbocycles. The van der Waals surface area contributed by atoms with Crippen LogP contribution >= 0.6 is 0 Å². The van der Waals surface area contributed by atoms with Crippen molar-refractivity contribution in [3.63, 3.8) is 0 Å². The highest BCUT2D eigenvalue weighted by Gasteiger charge is 2.46. The molecule has 0 radical (unpaired) electrons. The number of nitrogens with one attached hydrogen (secondary N) is 1. The van der Waals surface area contributed by atoms with E-state index in [4.69, 9.17) is 0 Å². The van der Waals surface area contributed by atoms with E-state index in [2.05, 4.69) is 26.2 Å². The van der Waals surface area contributed by atoms with E-state index < -0.39 is 0 Å². The molecule has 0 aromatic rings. The van der Waals surface area contributed by atoms with Crippen molar-refractivity contribution in [3.8, 4) is 0 Å². The second kappa shape index (κ2) is 3.69. The predicted octanol–water partition coefficient (Wildman–Crippen LogP) is 3.12. The summed E-state index contributed by atoms with van der Waals surface area (Å²) in [4.78, 5) is 0. The van der Waals surface area contributed by atoms with Crippen LogP contribution in [0.15, 0.2) is 11.1 Å². The lowest BCUT2D eigenvalue weighted by Gasteiger charge is -2.33. The molecule has 2 atom stereocenters. The van der Waals surface area contributed by atoms with E-state index in [1.54, 1.807) is 11.1 Å². The average Bonchev–Trinajstić information content (AvgIpc) is 2.69. The van der Waals surface area contributed by atoms with Crippen molar-refractivity contribution in [1.82, 2.24) is 5.32 Å². The lowest BCUT2D eigenvalue weighted by Crippen LogP contribution is -2.31. The number of rotatable bonds is 2. The first-order chi connectivity index (χ1) is 6.70. The largest absolute Gasteiger partial charge is 0.319 e. The molecule has 1 N–H and O–H groups in total. The molecule has 0 aromatic heterocycles. The van der Waals surface area contributed by atoms with Gasteiger partial charge in [0.1, 0.15) is 0 Å². The van der Waals surface area contributed by atoms with Gasteiger partial charge in [0.05, 0.1) is 0 Å². The molecule has 0 aromatic carbocycles. The summed E-state index contributed by atoms with van der Waals surface area (Å²) < 4.78 is 0. The minimum absolute atomic E-state index is 0.604. The van der Waals surface area contributed by atoms with Gasteiger partial charge < -0.3 is 5.32 Å². The van der Waals surface area contributed by atoms with Crippen LogP contribution in [0.25, 0.3) is 0 Å². The summed E-state index contributed by atoms with van der Waals surface area (Å²) in [5.74, 6) is 0.907. The van der Waals surface area contributed by atoms with Crippen molar-refractivity contribution >= 4 is 0 Å². The number of hydrogen-bond donors (Lipinski definition) is 1. The molecule has 1 saturated carbocycles. The van der Waals surface area contributed by atoms with Crippen LogP contribution in [-0.2, 0) is 0 Å². The van der Waals surface area contributed by atoms with Crippen LogP contribution in [-0.4, -0.2) is 13.6 Å². The van der Waals surface area contributed by atoms with Crippen LogP contribution in [0.2, 0.25) is 0 Å². The standard InChI is InChI=1S/C13H23N/c1-10-6-8-13(11(10)2)7-4-5-12(13)9-14-3/h12,14H,4-9H2,1-3H3/t12-,13?/m0/s1. The van der Waals surface area contributed by atoms with Gasteiger partial charge in [0.2, 0.25) is 0 Å². The monoisotopic (exact) mass is 193 g/mol. The third kappa shape index (κ3) is 1.33. The summed E-state index contributed by atoms with van der Waals surface area (Å²) in [6, 6.07) is 0. The molecule has 1 fully saturated rings. The van der Waals surface area contributed by atoms with Gasteiger partial charge >= 0.3 is 0 Å². The number of hydrogen-bond acceptors (Lipinski definition) is 1. The van der Waals surface area contributed by atoms with Crippen LogP contribution in [0.5, 0.6) is 0 Å². The van der Waals surface area contributed by atoms with Gasteiger partial charge in [-0.15, -0.1) is 0 Å². The zero-order valence-corrected chi connectivity index (χ0v) is 9.82. The Balaban J connectivity index is 2.22. The highest BCUT2D eigenvalue weighted by atomic mass is 14.8. The van der Waals surface area contributed by atoms with Gasteiger partial charge in [0, 0.05) is 0 Å². The Kier molecular flexibility index (Phi) is 2.70. The molecule has 80 valence electrons. The zero-order valence-electron chi connectivity index (χ0n) is 9.82. The van der Waals surface area contributed by atoms with Gasteiger partial charge in [-0.2, -0.15) is 0 Å². The SMILES string of the molecule is CNC[C@@H]1CCCC12CCC(C)=C2C. The van der Waals surface area contributed by atoms with Gasteiger partial charge in [0.15, 0.2) is 0 Å². The van der Waals surface area contributed by atoms with Gasteiger partial charge in [0.25, 0.3) is 0 Å². The Morgan fingerprint density at radius 2 is 2.14 bits per heavy atom. The maximum Gasteiger partial charge on any atom is -0.00151 e. The first-order valence-electron chi connectivity index (χ1n) is 6.02. The van der Waals surface area contributed by atoms with E-state index in [0.717, 1.165) is 5.92 Å². The van der Waals surface area contributed by atoms with Crippen molar-refractivity contribution in [3.05, 3.63) is 11.1 Å². The topological polar surface area (TPSA) is 12.0 Å². The van der Waals surface area contributed by atoms with Crippen molar-refractivity contribution in [2.45, 2.75) is 46.0 Å². The molecular formula is C13H23N. The summed E-state index contributed by atoms with van der Waals surface area (Å²) in [6.45, 7) is 5.93. The predicted molar refractivity (Wildman–Crippen MR) is 61.3 cm³/mol. The van der Waals surface area contributed by atoms with Crippen molar-refractivity contribution in [1.29, 1.82) is 0 Å². The maximum atomic E-state index is 3.37. The van der Waals surface area contributed by atoms with Crippen molar-refractivity contribution in [2.75, 3.05) is 13.6 Å². The van der Waals surface area contributed by atoms with Crippen LogP contribution in [0.3, 0.4) is 0 Å². The smallest absolute Gasteiger partial charge is 0.00151 e. The Bertz CT molecular complexity index is 254. The van der Waals surface area contributed by atoms with E-state index in [1.165, 1.54) is 38.6 Å². The minimum Gasteiger partial charge on any atom is -0.319 e. The Morgan fingerprint density at radius 1 is 1.36 bits per heavy atom. The second-order valence-electron chi connectivity index (χ2n) is 5.21. The molecule has 1 nitrogen and oxygen atoms in total. The summed E-state index contributed by atoms with van der Waals surface area (Å²) in [5, 5.41) is 3.37. The molecule has 2 aliphatic rings. The lowest BCUT2D eigenvalue weighted by molar-refractivity contribution is 0.248. The quantitative estimate of drug-likeness (QED) is 0.664. The van der Waals surface area contributed by atoms with Gasteiger partial charge in [-0.1, -0.05) is 17.6 Å². The average molecular weight is 193 g/mol. The molecule has 0 amide bonds. The first kappa shape index (κ1) is 10.2. The van der Waals surface area contributed by atoms with Crippen LogP contribution in [0.1, 0.15) is 46.0 Å². The molecular weight excluding hydrogens is 170 g/mol. The van der Waals surface area contributed by atoms with Gasteiger partial charge in [-0.05, 0) is 64.5 Å². The van der Waals surface area contributed by atoms with E-state index in [9.17, 15) is 0 Å². The first-order valence-corrected chi connectivity index (χ1v) is 6.02. The lowest BCUT2D eigenvalue weighted by atomic mass is 9.73. The summed E-state index contributed by atoms with van der Waals surface area (Å²) >= 11 is 0. The fourth-order valence-electron chi connectivity index (χ4n) is 3.72. The molecule has 0 bridgehead atoms. The molecule has 0 saturated heterocycles. The molecule has 1 heteroatoms. The maximum absolute atomic E-state index is 3.37. The van der Waals surface area contributed by atoms with E-state index in [0.29, 0.717) is 5.41 Å². The van der Waals surface area contributed by atoms with E-state index in [1.807, 2.05) is 0 Å². The summed E-state index contributed by atoms with van der Waals surface area (Å²) in [5.41, 5.74) is 4.01. The summed E-state index contributed by atoms with van der Waals surface area (Å²) in [7, 11) is 2.09. The molecule has 0 aliphatic heterocycles. The van der Waals surface area contributed by atoms with E-state index >= 15 is 0 Å². The molecule has 14 heavy (non-hydrogen) atoms. The number of allylic oxidation sites excluding steroid dienone is 2. The molecule has 1 spiro atoms. The second-order valence-corrected chi connectivity index (χ2v) is 5.21. The van der Waals surface area contributed by atoms with Crippen LogP contribution in [0.4, 0.5) is 0 Å². The third-order valence-electron chi connectivity index (χ3n) is 4.74. The Labute approximate surface area is 88.0 Å². The van der Waals surface area contributed by atoms with Crippen molar-refractivity contribution in [2.24, 2.45) is 11.3 Å². The van der Waals surface area contributed by atoms with Crippen molar-refractivity contribution < 1.29 is 0 Å². The minimum atomic E-state index is 0.604. The Hall–Kier alpha value is -0.300. The highest BCUT2D eigenvalue weighted by molar-refractivity contribution is 5.28. The normalized spacial score (nSPS) is 37.5. The van der Waals surface area contributed by atoms with E-state index in [-0.39, 0.29) is 0 Å². The highest BCUT2D eigenvalue weighted by Crippen LogP contribution is 2.56. The molecule has 2 rings (SSSR count). The van der Waals surface area contributed by atoms with Gasteiger partial charge in [-0.25, -0.2) is 0 Å². The fraction of sp³-hybridized carbons (Fsp3) is 0.846. The van der Waals surface area contributed by atoms with Crippen LogP contribution < -0.4 is 5.32 Å². The van der Waals surface area contributed by atoms with Crippen LogP contribution in [0, 0.1) is 11.3 Å². The molecule has 1 unspecified atom stereocenters. The van der Waals surface area contributed by atoms with Gasteiger partial charge in [-0.3, -0.25) is 0 Å². The summed E-state index contributed by atoms with van der Waals surface area (Å²) in [6.07, 6.45) is 7.11. The third-order valence-corrected chi connectivity index (χ3v) is 4.74.